The van der Waals surface area contributed by atoms with E-state index in [4.69, 9.17) is 5.73 Å². The lowest BCUT2D eigenvalue weighted by Crippen LogP contribution is -2.08. The van der Waals surface area contributed by atoms with Gasteiger partial charge in [0, 0.05) is 6.07 Å². The number of halogens is 2. The molecule has 0 saturated heterocycles. The molecule has 1 aromatic carbocycles. The van der Waals surface area contributed by atoms with Crippen molar-refractivity contribution in [1.29, 1.82) is 0 Å². The molecule has 1 heterocycles. The van der Waals surface area contributed by atoms with Crippen molar-refractivity contribution in [2.75, 3.05) is 18.2 Å². The van der Waals surface area contributed by atoms with Crippen LogP contribution in [0.4, 0.5) is 26.0 Å². The van der Waals surface area contributed by atoms with Crippen molar-refractivity contribution in [3.63, 3.8) is 0 Å². The number of carbonyl (C=O) groups is 1. The Bertz CT molecular complexity index is 662. The second-order valence-electron chi connectivity index (χ2n) is 3.88. The summed E-state index contributed by atoms with van der Waals surface area (Å²) in [5.41, 5.74) is 5.72. The first-order valence-corrected chi connectivity index (χ1v) is 5.58. The molecule has 1 aromatic heterocycles. The van der Waals surface area contributed by atoms with Crippen molar-refractivity contribution in [3.05, 3.63) is 47.7 Å². The molecule has 0 atom stereocenters. The quantitative estimate of drug-likeness (QED) is 0.844. The number of nitrogens with zero attached hydrogens (tertiary/aromatic N) is 1. The van der Waals surface area contributed by atoms with Gasteiger partial charge < -0.3 is 15.8 Å². The molecule has 3 N–H and O–H groups in total. The monoisotopic (exact) mass is 279 g/mol. The molecule has 2 rings (SSSR count). The van der Waals surface area contributed by atoms with Crippen molar-refractivity contribution in [2.24, 2.45) is 0 Å². The van der Waals surface area contributed by atoms with E-state index in [0.29, 0.717) is 0 Å². The third-order valence-electron chi connectivity index (χ3n) is 2.50. The lowest BCUT2D eigenvalue weighted by Gasteiger charge is -2.10. The average Bonchev–Trinajstić information content (AvgIpc) is 2.44. The summed E-state index contributed by atoms with van der Waals surface area (Å²) in [6.07, 6.45) is 0. The molecule has 104 valence electrons. The zero-order valence-electron chi connectivity index (χ0n) is 10.5. The summed E-state index contributed by atoms with van der Waals surface area (Å²) in [5.74, 6) is -1.90. The minimum Gasteiger partial charge on any atom is -0.464 e. The van der Waals surface area contributed by atoms with E-state index in [2.05, 4.69) is 15.0 Å². The van der Waals surface area contributed by atoms with Gasteiger partial charge >= 0.3 is 5.97 Å². The van der Waals surface area contributed by atoms with Crippen molar-refractivity contribution < 1.29 is 18.3 Å². The summed E-state index contributed by atoms with van der Waals surface area (Å²) < 4.78 is 31.1. The number of rotatable bonds is 3. The summed E-state index contributed by atoms with van der Waals surface area (Å²) in [4.78, 5) is 15.3. The van der Waals surface area contributed by atoms with E-state index >= 15 is 0 Å². The highest BCUT2D eigenvalue weighted by Crippen LogP contribution is 2.24. The Hall–Kier alpha value is -2.70. The van der Waals surface area contributed by atoms with Crippen molar-refractivity contribution in [1.82, 2.24) is 4.98 Å². The first kappa shape index (κ1) is 13.7. The Morgan fingerprint density at radius 3 is 2.75 bits per heavy atom. The first-order chi connectivity index (χ1) is 9.51. The normalized spacial score (nSPS) is 10.2. The molecule has 0 bridgehead atoms. The van der Waals surface area contributed by atoms with Gasteiger partial charge in [0.25, 0.3) is 0 Å². The predicted octanol–water partition coefficient (Wildman–Crippen LogP) is 2.47. The van der Waals surface area contributed by atoms with Gasteiger partial charge in [-0.3, -0.25) is 0 Å². The molecule has 0 aliphatic rings. The number of nitrogens with two attached hydrogens (primary N) is 1. The summed E-state index contributed by atoms with van der Waals surface area (Å²) in [5, 5.41) is 2.54. The van der Waals surface area contributed by atoms with Crippen LogP contribution in [0.5, 0.6) is 0 Å². The van der Waals surface area contributed by atoms with Crippen LogP contribution in [0.3, 0.4) is 0 Å². The minimum absolute atomic E-state index is 0.000936. The van der Waals surface area contributed by atoms with Crippen molar-refractivity contribution >= 4 is 23.2 Å². The fourth-order valence-electron chi connectivity index (χ4n) is 1.51. The second-order valence-corrected chi connectivity index (χ2v) is 3.88. The Kier molecular flexibility index (Phi) is 3.79. The second kappa shape index (κ2) is 5.52. The highest BCUT2D eigenvalue weighted by Gasteiger charge is 2.12. The van der Waals surface area contributed by atoms with Crippen LogP contribution in [-0.4, -0.2) is 18.1 Å². The standard InChI is InChI=1S/C13H11F2N3O2/c1-20-13(19)10-5-4-9(16)12(17-10)18-11-6-7(14)2-3-8(11)15/h2-6H,16H2,1H3,(H,17,18). The number of ether oxygens (including phenoxy) is 1. The highest BCUT2D eigenvalue weighted by molar-refractivity contribution is 5.88. The molecule has 0 spiro atoms. The number of hydrogen-bond acceptors (Lipinski definition) is 5. The van der Waals surface area contributed by atoms with Crippen LogP contribution >= 0.6 is 0 Å². The number of hydrogen-bond donors (Lipinski definition) is 2. The molecular formula is C13H11F2N3O2. The molecule has 0 aliphatic carbocycles. The summed E-state index contributed by atoms with van der Waals surface area (Å²) in [6, 6.07) is 5.70. The molecule has 0 aliphatic heterocycles. The smallest absolute Gasteiger partial charge is 0.356 e. The summed E-state index contributed by atoms with van der Waals surface area (Å²) in [7, 11) is 1.21. The number of aromatic nitrogens is 1. The lowest BCUT2D eigenvalue weighted by molar-refractivity contribution is 0.0594. The summed E-state index contributed by atoms with van der Waals surface area (Å²) in [6.45, 7) is 0. The fraction of sp³-hybridized carbons (Fsp3) is 0.0769. The minimum atomic E-state index is -0.670. The van der Waals surface area contributed by atoms with E-state index in [1.807, 2.05) is 0 Å². The van der Waals surface area contributed by atoms with Crippen LogP contribution in [0.25, 0.3) is 0 Å². The molecule has 7 heteroatoms. The number of esters is 1. The van der Waals surface area contributed by atoms with Gasteiger partial charge in [-0.05, 0) is 24.3 Å². The average molecular weight is 279 g/mol. The zero-order valence-corrected chi connectivity index (χ0v) is 10.5. The molecule has 5 nitrogen and oxygen atoms in total. The first-order valence-electron chi connectivity index (χ1n) is 5.58. The van der Waals surface area contributed by atoms with E-state index in [1.54, 1.807) is 0 Å². The van der Waals surface area contributed by atoms with Gasteiger partial charge in [0.05, 0.1) is 18.5 Å². The largest absolute Gasteiger partial charge is 0.464 e. The highest BCUT2D eigenvalue weighted by atomic mass is 19.1. The number of pyridine rings is 1. The Balaban J connectivity index is 2.37. The number of nitrogens with one attached hydrogen (secondary N) is 1. The van der Waals surface area contributed by atoms with Crippen LogP contribution in [0, 0.1) is 11.6 Å². The number of carbonyl (C=O) groups excluding carboxylic acids is 1. The third-order valence-corrected chi connectivity index (χ3v) is 2.50. The molecule has 2 aromatic rings. The SMILES string of the molecule is COC(=O)c1ccc(N)c(Nc2cc(F)ccc2F)n1. The van der Waals surface area contributed by atoms with Gasteiger partial charge in [0.2, 0.25) is 0 Å². The maximum atomic E-state index is 13.5. The van der Waals surface area contributed by atoms with Gasteiger partial charge in [-0.2, -0.15) is 0 Å². The van der Waals surface area contributed by atoms with E-state index in [0.717, 1.165) is 18.2 Å². The van der Waals surface area contributed by atoms with Gasteiger partial charge in [-0.1, -0.05) is 0 Å². The Morgan fingerprint density at radius 2 is 2.05 bits per heavy atom. The molecular weight excluding hydrogens is 268 g/mol. The molecule has 0 unspecified atom stereocenters. The van der Waals surface area contributed by atoms with E-state index in [-0.39, 0.29) is 22.9 Å². The maximum absolute atomic E-state index is 13.5. The molecule has 0 amide bonds. The van der Waals surface area contributed by atoms with Crippen LogP contribution in [0.15, 0.2) is 30.3 Å². The number of anilines is 3. The third kappa shape index (κ3) is 2.82. The van der Waals surface area contributed by atoms with Gasteiger partial charge in [-0.15, -0.1) is 0 Å². The summed E-state index contributed by atoms with van der Waals surface area (Å²) >= 11 is 0. The molecule has 0 radical (unpaired) electrons. The van der Waals surface area contributed by atoms with Crippen LogP contribution in [0.2, 0.25) is 0 Å². The van der Waals surface area contributed by atoms with E-state index in [9.17, 15) is 13.6 Å². The van der Waals surface area contributed by atoms with Crippen molar-refractivity contribution in [2.45, 2.75) is 0 Å². The Morgan fingerprint density at radius 1 is 1.30 bits per heavy atom. The number of methoxy groups -OCH3 is 1. The Labute approximate surface area is 113 Å². The maximum Gasteiger partial charge on any atom is 0.356 e. The predicted molar refractivity (Wildman–Crippen MR) is 69.6 cm³/mol. The lowest BCUT2D eigenvalue weighted by atomic mass is 10.2. The molecule has 20 heavy (non-hydrogen) atoms. The number of benzene rings is 1. The number of nitrogen functional groups attached to an aromatic ring is 1. The van der Waals surface area contributed by atoms with E-state index in [1.165, 1.54) is 19.2 Å². The topological polar surface area (TPSA) is 77.2 Å². The van der Waals surface area contributed by atoms with Crippen LogP contribution < -0.4 is 11.1 Å². The van der Waals surface area contributed by atoms with Gasteiger partial charge in [0.15, 0.2) is 11.5 Å². The zero-order chi connectivity index (χ0) is 14.7. The molecule has 0 fully saturated rings. The molecule has 0 saturated carbocycles. The van der Waals surface area contributed by atoms with Gasteiger partial charge in [-0.25, -0.2) is 18.6 Å². The van der Waals surface area contributed by atoms with Crippen LogP contribution in [0.1, 0.15) is 10.5 Å². The van der Waals surface area contributed by atoms with Crippen LogP contribution in [-0.2, 0) is 4.74 Å². The van der Waals surface area contributed by atoms with E-state index < -0.39 is 17.6 Å². The fourth-order valence-corrected chi connectivity index (χ4v) is 1.51. The van der Waals surface area contributed by atoms with Gasteiger partial charge in [0.1, 0.15) is 11.6 Å². The van der Waals surface area contributed by atoms with Crippen molar-refractivity contribution in [3.8, 4) is 0 Å².